The first-order chi connectivity index (χ1) is 8.90. The molecule has 2 aromatic rings. The molecule has 0 saturated heterocycles. The molecule has 0 fully saturated rings. The summed E-state index contributed by atoms with van der Waals surface area (Å²) < 4.78 is 5.77. The summed E-state index contributed by atoms with van der Waals surface area (Å²) in [6, 6.07) is 7.80. The molecule has 0 aliphatic rings. The highest BCUT2D eigenvalue weighted by Crippen LogP contribution is 2.16. The van der Waals surface area contributed by atoms with E-state index in [0.29, 0.717) is 6.61 Å². The number of pyridine rings is 2. The molecule has 0 amide bonds. The molecular weight excluding hydrogens is 226 g/mol. The maximum atomic E-state index is 5.77. The second-order valence-electron chi connectivity index (χ2n) is 3.93. The lowest BCUT2D eigenvalue weighted by atomic mass is 10.2. The van der Waals surface area contributed by atoms with E-state index in [4.69, 9.17) is 4.74 Å². The normalized spacial score (nSPS) is 10.3. The molecule has 2 aromatic heterocycles. The Balaban J connectivity index is 1.90. The highest BCUT2D eigenvalue weighted by atomic mass is 16.5. The van der Waals surface area contributed by atoms with Gasteiger partial charge in [-0.25, -0.2) is 0 Å². The molecule has 1 N–H and O–H groups in total. The van der Waals surface area contributed by atoms with E-state index in [1.165, 1.54) is 0 Å². The predicted molar refractivity (Wildman–Crippen MR) is 70.4 cm³/mol. The third-order valence-electron chi connectivity index (χ3n) is 2.57. The van der Waals surface area contributed by atoms with Gasteiger partial charge in [-0.1, -0.05) is 6.07 Å². The Hall–Kier alpha value is -1.94. The van der Waals surface area contributed by atoms with E-state index in [2.05, 4.69) is 15.3 Å². The van der Waals surface area contributed by atoms with Crippen molar-refractivity contribution >= 4 is 0 Å². The van der Waals surface area contributed by atoms with Crippen molar-refractivity contribution in [3.05, 3.63) is 54.1 Å². The quantitative estimate of drug-likeness (QED) is 0.840. The fourth-order valence-electron chi connectivity index (χ4n) is 1.69. The van der Waals surface area contributed by atoms with Crippen LogP contribution in [-0.4, -0.2) is 23.6 Å². The maximum absolute atomic E-state index is 5.77. The monoisotopic (exact) mass is 243 g/mol. The van der Waals surface area contributed by atoms with Crippen LogP contribution in [0.2, 0.25) is 0 Å². The zero-order chi connectivity index (χ0) is 12.6. The summed E-state index contributed by atoms with van der Waals surface area (Å²) in [5.74, 6) is 0.885. The Labute approximate surface area is 107 Å². The zero-order valence-electron chi connectivity index (χ0n) is 10.5. The Morgan fingerprint density at radius 2 is 2.17 bits per heavy atom. The molecule has 0 saturated carbocycles. The van der Waals surface area contributed by atoms with E-state index in [0.717, 1.165) is 30.0 Å². The third kappa shape index (κ3) is 3.53. The minimum atomic E-state index is 0.623. The lowest BCUT2D eigenvalue weighted by molar-refractivity contribution is 0.316. The first-order valence-corrected chi connectivity index (χ1v) is 6.00. The van der Waals surface area contributed by atoms with Crippen molar-refractivity contribution in [3.63, 3.8) is 0 Å². The van der Waals surface area contributed by atoms with Gasteiger partial charge in [-0.2, -0.15) is 0 Å². The molecule has 0 atom stereocenters. The number of nitrogens with one attached hydrogen (secondary N) is 1. The lowest BCUT2D eigenvalue weighted by Crippen LogP contribution is -2.09. The highest BCUT2D eigenvalue weighted by Gasteiger charge is 2.02. The van der Waals surface area contributed by atoms with Gasteiger partial charge in [0, 0.05) is 42.8 Å². The zero-order valence-corrected chi connectivity index (χ0v) is 10.5. The minimum absolute atomic E-state index is 0.623. The van der Waals surface area contributed by atoms with Crippen LogP contribution in [0, 0.1) is 0 Å². The summed E-state index contributed by atoms with van der Waals surface area (Å²) in [5.41, 5.74) is 2.11. The van der Waals surface area contributed by atoms with E-state index in [-0.39, 0.29) is 0 Å². The predicted octanol–water partition coefficient (Wildman–Crippen LogP) is 1.82. The summed E-state index contributed by atoms with van der Waals surface area (Å²) in [4.78, 5) is 8.36. The molecule has 0 unspecified atom stereocenters. The number of hydrogen-bond donors (Lipinski definition) is 1. The van der Waals surface area contributed by atoms with E-state index < -0.39 is 0 Å². The van der Waals surface area contributed by atoms with Gasteiger partial charge >= 0.3 is 0 Å². The molecule has 18 heavy (non-hydrogen) atoms. The topological polar surface area (TPSA) is 47.0 Å². The van der Waals surface area contributed by atoms with Crippen LogP contribution < -0.4 is 10.1 Å². The fraction of sp³-hybridized carbons (Fsp3) is 0.286. The van der Waals surface area contributed by atoms with Crippen LogP contribution in [0.25, 0.3) is 0 Å². The van der Waals surface area contributed by atoms with Crippen LogP contribution >= 0.6 is 0 Å². The summed E-state index contributed by atoms with van der Waals surface area (Å²) >= 11 is 0. The van der Waals surface area contributed by atoms with Crippen molar-refractivity contribution in [1.82, 2.24) is 15.3 Å². The van der Waals surface area contributed by atoms with Gasteiger partial charge in [0.1, 0.15) is 5.75 Å². The van der Waals surface area contributed by atoms with Gasteiger partial charge < -0.3 is 10.1 Å². The Morgan fingerprint density at radius 1 is 1.22 bits per heavy atom. The van der Waals surface area contributed by atoms with Gasteiger partial charge in [0.2, 0.25) is 0 Å². The molecule has 0 aromatic carbocycles. The van der Waals surface area contributed by atoms with Gasteiger partial charge in [-0.3, -0.25) is 9.97 Å². The van der Waals surface area contributed by atoms with Crippen LogP contribution in [0.3, 0.4) is 0 Å². The second-order valence-corrected chi connectivity index (χ2v) is 3.93. The van der Waals surface area contributed by atoms with Gasteiger partial charge in [0.25, 0.3) is 0 Å². The third-order valence-corrected chi connectivity index (χ3v) is 2.57. The second kappa shape index (κ2) is 6.71. The summed E-state index contributed by atoms with van der Waals surface area (Å²) in [6.45, 7) is 1.38. The van der Waals surface area contributed by atoms with Crippen molar-refractivity contribution in [2.24, 2.45) is 0 Å². The first-order valence-electron chi connectivity index (χ1n) is 6.00. The van der Waals surface area contributed by atoms with E-state index in [1.807, 2.05) is 37.5 Å². The highest BCUT2D eigenvalue weighted by molar-refractivity contribution is 5.29. The number of ether oxygens (including phenoxy) is 1. The standard InChI is InChI=1S/C14H17N3O/c1-15-10-12-11-16-8-5-14(12)18-9-6-13-4-2-3-7-17-13/h2-5,7-8,11,15H,6,9-10H2,1H3. The number of nitrogens with zero attached hydrogens (tertiary/aromatic N) is 2. The minimum Gasteiger partial charge on any atom is -0.493 e. The van der Waals surface area contributed by atoms with Crippen molar-refractivity contribution < 1.29 is 4.74 Å². The average molecular weight is 243 g/mol. The largest absolute Gasteiger partial charge is 0.493 e. The lowest BCUT2D eigenvalue weighted by Gasteiger charge is -2.10. The SMILES string of the molecule is CNCc1cnccc1OCCc1ccccn1. The molecule has 0 radical (unpaired) electrons. The van der Waals surface area contributed by atoms with E-state index in [1.54, 1.807) is 12.4 Å². The number of aromatic nitrogens is 2. The maximum Gasteiger partial charge on any atom is 0.126 e. The van der Waals surface area contributed by atoms with E-state index >= 15 is 0 Å². The molecule has 0 aliphatic heterocycles. The van der Waals surface area contributed by atoms with Crippen LogP contribution in [-0.2, 0) is 13.0 Å². The van der Waals surface area contributed by atoms with Gasteiger partial charge in [0.15, 0.2) is 0 Å². The van der Waals surface area contributed by atoms with Gasteiger partial charge in [-0.15, -0.1) is 0 Å². The number of hydrogen-bond acceptors (Lipinski definition) is 4. The molecule has 4 nitrogen and oxygen atoms in total. The molecule has 2 heterocycles. The fourth-order valence-corrected chi connectivity index (χ4v) is 1.69. The molecule has 4 heteroatoms. The number of rotatable bonds is 6. The van der Waals surface area contributed by atoms with Gasteiger partial charge in [-0.05, 0) is 25.2 Å². The van der Waals surface area contributed by atoms with Crippen molar-refractivity contribution in [3.8, 4) is 5.75 Å². The molecule has 0 spiro atoms. The average Bonchev–Trinajstić information content (AvgIpc) is 2.42. The Bertz CT molecular complexity index is 473. The molecule has 94 valence electrons. The summed E-state index contributed by atoms with van der Waals surface area (Å²) in [5, 5.41) is 3.10. The molecule has 0 aliphatic carbocycles. The smallest absolute Gasteiger partial charge is 0.126 e. The first kappa shape index (κ1) is 12.5. The Morgan fingerprint density at radius 3 is 2.94 bits per heavy atom. The van der Waals surface area contributed by atoms with Crippen molar-refractivity contribution in [1.29, 1.82) is 0 Å². The van der Waals surface area contributed by atoms with Crippen LogP contribution in [0.15, 0.2) is 42.9 Å². The molecule has 2 rings (SSSR count). The van der Waals surface area contributed by atoms with E-state index in [9.17, 15) is 0 Å². The molecular formula is C14H17N3O. The van der Waals surface area contributed by atoms with Gasteiger partial charge in [0.05, 0.1) is 6.61 Å². The summed E-state index contributed by atoms with van der Waals surface area (Å²) in [7, 11) is 1.91. The van der Waals surface area contributed by atoms with Crippen LogP contribution in [0.4, 0.5) is 0 Å². The summed E-state index contributed by atoms with van der Waals surface area (Å²) in [6.07, 6.45) is 6.18. The van der Waals surface area contributed by atoms with Crippen LogP contribution in [0.5, 0.6) is 5.75 Å². The van der Waals surface area contributed by atoms with Crippen molar-refractivity contribution in [2.45, 2.75) is 13.0 Å². The van der Waals surface area contributed by atoms with Crippen molar-refractivity contribution in [2.75, 3.05) is 13.7 Å². The molecule has 0 bridgehead atoms. The van der Waals surface area contributed by atoms with Crippen LogP contribution in [0.1, 0.15) is 11.3 Å². The Kier molecular flexibility index (Phi) is 4.67.